The van der Waals surface area contributed by atoms with E-state index in [1.165, 1.54) is 12.3 Å². The van der Waals surface area contributed by atoms with E-state index >= 15 is 0 Å². The Morgan fingerprint density at radius 2 is 1.87 bits per heavy atom. The molecule has 3 aromatic rings. The van der Waals surface area contributed by atoms with Gasteiger partial charge in [0.15, 0.2) is 11.8 Å². The molecular formula is C28H34N8O2. The number of ether oxygens (including phenoxy) is 1. The number of nitrogens with two attached hydrogens (primary N) is 1. The van der Waals surface area contributed by atoms with E-state index in [-0.39, 0.29) is 11.9 Å². The standard InChI is InChI=1S/C28H34N8O2/c1-7-26(37)32-22-15-23(25(38-6)16-24(22)36(5)14-13-35(3)4)33-28(29)34-27(31-8-2)21-18-30-17-19-11-9-10-12-20(19)21/h7-12,15-18H,1-2,13-14H2,3-6H3,(H,32,37)(H3,29,31,33,34). The Hall–Kier alpha value is -4.70. The molecule has 38 heavy (non-hydrogen) atoms. The zero-order chi connectivity index (χ0) is 27.7. The molecule has 2 aromatic carbocycles. The summed E-state index contributed by atoms with van der Waals surface area (Å²) in [4.78, 5) is 29.5. The van der Waals surface area contributed by atoms with Crippen LogP contribution in [0.1, 0.15) is 5.56 Å². The van der Waals surface area contributed by atoms with Crippen LogP contribution in [0.3, 0.4) is 0 Å². The topological polar surface area (TPSA) is 120 Å². The molecule has 1 aromatic heterocycles. The van der Waals surface area contributed by atoms with Gasteiger partial charge >= 0.3 is 0 Å². The van der Waals surface area contributed by atoms with Crippen molar-refractivity contribution in [2.24, 2.45) is 15.7 Å². The summed E-state index contributed by atoms with van der Waals surface area (Å²) in [5, 5.41) is 7.82. The number of aliphatic imine (C=N–C) groups is 2. The van der Waals surface area contributed by atoms with Crippen LogP contribution in [0, 0.1) is 0 Å². The molecule has 0 aliphatic carbocycles. The van der Waals surface area contributed by atoms with E-state index in [0.29, 0.717) is 28.5 Å². The molecule has 10 heteroatoms. The lowest BCUT2D eigenvalue weighted by molar-refractivity contribution is -0.111. The van der Waals surface area contributed by atoms with Gasteiger partial charge in [0.25, 0.3) is 0 Å². The van der Waals surface area contributed by atoms with Gasteiger partial charge in [-0.05, 0) is 31.6 Å². The summed E-state index contributed by atoms with van der Waals surface area (Å²) >= 11 is 0. The van der Waals surface area contributed by atoms with Crippen LogP contribution in [0.5, 0.6) is 5.75 Å². The molecule has 4 N–H and O–H groups in total. The van der Waals surface area contributed by atoms with Gasteiger partial charge in [0.05, 0.1) is 24.2 Å². The number of benzene rings is 2. The number of nitrogens with one attached hydrogen (secondary N) is 2. The van der Waals surface area contributed by atoms with E-state index in [2.05, 4.69) is 43.7 Å². The number of anilines is 3. The summed E-state index contributed by atoms with van der Waals surface area (Å²) in [6.07, 6.45) is 6.07. The highest BCUT2D eigenvalue weighted by molar-refractivity contribution is 6.15. The molecule has 10 nitrogen and oxygen atoms in total. The van der Waals surface area contributed by atoms with Gasteiger partial charge in [-0.2, -0.15) is 4.99 Å². The number of likely N-dealkylation sites (N-methyl/N-ethyl adjacent to an activating group) is 2. The van der Waals surface area contributed by atoms with Crippen LogP contribution in [0.15, 0.2) is 84.2 Å². The highest BCUT2D eigenvalue weighted by Crippen LogP contribution is 2.37. The molecule has 0 fully saturated rings. The predicted octanol–water partition coefficient (Wildman–Crippen LogP) is 3.68. The number of aromatic nitrogens is 1. The maximum Gasteiger partial charge on any atom is 0.247 e. The van der Waals surface area contributed by atoms with Crippen molar-refractivity contribution in [2.75, 3.05) is 56.9 Å². The predicted molar refractivity (Wildman–Crippen MR) is 157 cm³/mol. The van der Waals surface area contributed by atoms with Crippen molar-refractivity contribution in [1.29, 1.82) is 0 Å². The van der Waals surface area contributed by atoms with E-state index < -0.39 is 0 Å². The van der Waals surface area contributed by atoms with Crippen molar-refractivity contribution in [3.8, 4) is 5.75 Å². The second kappa shape index (κ2) is 13.0. The molecule has 0 saturated carbocycles. The number of hydrogen-bond donors (Lipinski definition) is 3. The number of pyridine rings is 1. The van der Waals surface area contributed by atoms with Gasteiger partial charge < -0.3 is 30.9 Å². The zero-order valence-corrected chi connectivity index (χ0v) is 22.2. The van der Waals surface area contributed by atoms with Crippen LogP contribution in [-0.4, -0.2) is 68.9 Å². The quantitative estimate of drug-likeness (QED) is 0.214. The summed E-state index contributed by atoms with van der Waals surface area (Å²) in [7, 11) is 7.51. The Balaban J connectivity index is 2.01. The molecule has 0 atom stereocenters. The monoisotopic (exact) mass is 514 g/mol. The largest absolute Gasteiger partial charge is 0.494 e. The van der Waals surface area contributed by atoms with Crippen molar-refractivity contribution in [1.82, 2.24) is 9.88 Å². The molecule has 0 spiro atoms. The molecule has 0 saturated heterocycles. The van der Waals surface area contributed by atoms with Gasteiger partial charge in [0, 0.05) is 55.7 Å². The fourth-order valence-corrected chi connectivity index (χ4v) is 3.73. The third kappa shape index (κ3) is 6.95. The van der Waals surface area contributed by atoms with Crippen LogP contribution in [0.25, 0.3) is 10.8 Å². The number of hydrogen-bond acceptors (Lipinski definition) is 6. The Morgan fingerprint density at radius 1 is 1.11 bits per heavy atom. The molecular weight excluding hydrogens is 480 g/mol. The minimum absolute atomic E-state index is 0.0616. The maximum absolute atomic E-state index is 12.2. The zero-order valence-electron chi connectivity index (χ0n) is 22.2. The average molecular weight is 515 g/mol. The normalized spacial score (nSPS) is 11.8. The molecule has 3 rings (SSSR count). The van der Waals surface area contributed by atoms with E-state index in [1.54, 1.807) is 25.6 Å². The number of carbonyl (C=O) groups is 1. The summed E-state index contributed by atoms with van der Waals surface area (Å²) in [5.74, 6) is 0.578. The Labute approximate surface area is 223 Å². The molecule has 0 bridgehead atoms. The van der Waals surface area contributed by atoms with Crippen molar-refractivity contribution in [2.45, 2.75) is 0 Å². The van der Waals surface area contributed by atoms with Crippen LogP contribution >= 0.6 is 0 Å². The molecule has 0 radical (unpaired) electrons. The second-order valence-corrected chi connectivity index (χ2v) is 8.65. The molecule has 1 heterocycles. The first-order valence-electron chi connectivity index (χ1n) is 11.9. The SMILES string of the molecule is C=CN=C(N=C(N)Nc1cc(NC(=O)C=C)c(N(C)CCN(C)C)cc1OC)c1cncc2ccccc12. The summed E-state index contributed by atoms with van der Waals surface area (Å²) in [5.41, 5.74) is 8.87. The van der Waals surface area contributed by atoms with E-state index in [1.807, 2.05) is 56.4 Å². The lowest BCUT2D eigenvalue weighted by Gasteiger charge is -2.26. The molecule has 0 aliphatic heterocycles. The Kier molecular flexibility index (Phi) is 9.55. The third-order valence-corrected chi connectivity index (χ3v) is 5.67. The van der Waals surface area contributed by atoms with Crippen molar-refractivity contribution in [3.05, 3.63) is 79.8 Å². The smallest absolute Gasteiger partial charge is 0.247 e. The number of methoxy groups -OCH3 is 1. The number of amides is 1. The molecule has 0 unspecified atom stereocenters. The highest BCUT2D eigenvalue weighted by Gasteiger charge is 2.17. The summed E-state index contributed by atoms with van der Waals surface area (Å²) in [6, 6.07) is 11.4. The van der Waals surface area contributed by atoms with Gasteiger partial charge in [-0.3, -0.25) is 9.78 Å². The third-order valence-electron chi connectivity index (χ3n) is 5.67. The van der Waals surface area contributed by atoms with E-state index in [4.69, 9.17) is 10.5 Å². The second-order valence-electron chi connectivity index (χ2n) is 8.65. The number of fused-ring (bicyclic) bond motifs is 1. The number of rotatable bonds is 10. The number of guanidine groups is 1. The van der Waals surface area contributed by atoms with Crippen LogP contribution < -0.4 is 26.0 Å². The number of amidine groups is 1. The van der Waals surface area contributed by atoms with Crippen molar-refractivity contribution >= 4 is 45.5 Å². The van der Waals surface area contributed by atoms with Gasteiger partial charge in [-0.25, -0.2) is 4.99 Å². The van der Waals surface area contributed by atoms with Gasteiger partial charge in [0.2, 0.25) is 5.91 Å². The first kappa shape index (κ1) is 27.9. The average Bonchev–Trinajstić information content (AvgIpc) is 2.91. The first-order chi connectivity index (χ1) is 18.3. The van der Waals surface area contributed by atoms with Crippen LogP contribution in [0.2, 0.25) is 0 Å². The number of nitrogens with zero attached hydrogens (tertiary/aromatic N) is 5. The lowest BCUT2D eigenvalue weighted by atomic mass is 10.1. The van der Waals surface area contributed by atoms with Crippen LogP contribution in [-0.2, 0) is 4.79 Å². The minimum atomic E-state index is -0.339. The Bertz CT molecular complexity index is 1380. The van der Waals surface area contributed by atoms with Crippen LogP contribution in [0.4, 0.5) is 17.1 Å². The Morgan fingerprint density at radius 3 is 2.55 bits per heavy atom. The maximum atomic E-state index is 12.2. The lowest BCUT2D eigenvalue weighted by Crippen LogP contribution is -2.29. The minimum Gasteiger partial charge on any atom is -0.494 e. The van der Waals surface area contributed by atoms with E-state index in [9.17, 15) is 4.79 Å². The fourth-order valence-electron chi connectivity index (χ4n) is 3.73. The van der Waals surface area contributed by atoms with Crippen molar-refractivity contribution < 1.29 is 9.53 Å². The molecule has 1 amide bonds. The molecule has 0 aliphatic rings. The molecule has 198 valence electrons. The van der Waals surface area contributed by atoms with E-state index in [0.717, 1.165) is 29.5 Å². The number of carbonyl (C=O) groups excluding carboxylic acids is 1. The van der Waals surface area contributed by atoms with Crippen molar-refractivity contribution in [3.63, 3.8) is 0 Å². The van der Waals surface area contributed by atoms with Gasteiger partial charge in [0.1, 0.15) is 5.75 Å². The summed E-state index contributed by atoms with van der Waals surface area (Å²) < 4.78 is 5.64. The summed E-state index contributed by atoms with van der Waals surface area (Å²) in [6.45, 7) is 8.81. The highest BCUT2D eigenvalue weighted by atomic mass is 16.5. The van der Waals surface area contributed by atoms with Gasteiger partial charge in [-0.15, -0.1) is 0 Å². The fraction of sp³-hybridized carbons (Fsp3) is 0.214. The first-order valence-corrected chi connectivity index (χ1v) is 11.9. The van der Waals surface area contributed by atoms with Gasteiger partial charge in [-0.1, -0.05) is 37.4 Å².